The molecule has 152 valence electrons. The van der Waals surface area contributed by atoms with Crippen molar-refractivity contribution in [2.45, 2.75) is 6.92 Å². The number of hydrogen-bond acceptors (Lipinski definition) is 7. The predicted molar refractivity (Wildman–Crippen MR) is 106 cm³/mol. The summed E-state index contributed by atoms with van der Waals surface area (Å²) in [5.74, 6) is 0.190. The van der Waals surface area contributed by atoms with Crippen LogP contribution in [0.5, 0.6) is 5.75 Å². The minimum atomic E-state index is -0.482. The average Bonchev–Trinajstić information content (AvgIpc) is 2.72. The Morgan fingerprint density at radius 3 is 2.17 bits per heavy atom. The van der Waals surface area contributed by atoms with E-state index >= 15 is 0 Å². The van der Waals surface area contributed by atoms with Gasteiger partial charge in [0.05, 0.1) is 23.0 Å². The van der Waals surface area contributed by atoms with E-state index in [1.165, 1.54) is 31.4 Å². The maximum atomic E-state index is 12.7. The molecule has 2 aromatic carbocycles. The number of ether oxygens (including phenoxy) is 1. The Kier molecular flexibility index (Phi) is 5.62. The van der Waals surface area contributed by atoms with Crippen molar-refractivity contribution in [3.8, 4) is 5.75 Å². The van der Waals surface area contributed by atoms with Crippen LogP contribution in [0.3, 0.4) is 0 Å². The van der Waals surface area contributed by atoms with E-state index in [-0.39, 0.29) is 17.3 Å². The molecular weight excluding hydrogens is 380 g/mol. The molecule has 10 nitrogen and oxygen atoms in total. The third kappa shape index (κ3) is 4.10. The number of piperazine rings is 1. The van der Waals surface area contributed by atoms with Crippen LogP contribution in [0, 0.1) is 27.2 Å². The second kappa shape index (κ2) is 8.13. The van der Waals surface area contributed by atoms with Gasteiger partial charge in [0.15, 0.2) is 0 Å². The number of hydrogen-bond donors (Lipinski definition) is 0. The molecule has 1 aliphatic rings. The zero-order chi connectivity index (χ0) is 21.1. The van der Waals surface area contributed by atoms with Gasteiger partial charge in [-0.25, -0.2) is 0 Å². The third-order valence-corrected chi connectivity index (χ3v) is 4.93. The van der Waals surface area contributed by atoms with Gasteiger partial charge in [0.1, 0.15) is 11.4 Å². The fraction of sp³-hybridized carbons (Fsp3) is 0.316. The van der Waals surface area contributed by atoms with Crippen LogP contribution in [-0.4, -0.2) is 53.9 Å². The highest BCUT2D eigenvalue weighted by molar-refractivity contribution is 5.95. The molecule has 1 aliphatic heterocycles. The highest BCUT2D eigenvalue weighted by atomic mass is 16.6. The summed E-state index contributed by atoms with van der Waals surface area (Å²) in [6.07, 6.45) is 0. The summed E-state index contributed by atoms with van der Waals surface area (Å²) in [7, 11) is 1.45. The van der Waals surface area contributed by atoms with Crippen molar-refractivity contribution < 1.29 is 19.4 Å². The van der Waals surface area contributed by atoms with Crippen LogP contribution in [0.1, 0.15) is 15.9 Å². The normalized spacial score (nSPS) is 13.9. The lowest BCUT2D eigenvalue weighted by Crippen LogP contribution is -2.49. The molecule has 0 unspecified atom stereocenters. The van der Waals surface area contributed by atoms with Gasteiger partial charge in [0, 0.05) is 43.4 Å². The minimum absolute atomic E-state index is 0.0295. The molecular formula is C19H20N4O6. The van der Waals surface area contributed by atoms with Crippen molar-refractivity contribution in [3.63, 3.8) is 0 Å². The lowest BCUT2D eigenvalue weighted by Gasteiger charge is -2.36. The number of anilines is 1. The summed E-state index contributed by atoms with van der Waals surface area (Å²) in [5, 5.41) is 22.3. The quantitative estimate of drug-likeness (QED) is 0.559. The van der Waals surface area contributed by atoms with Crippen LogP contribution in [0.4, 0.5) is 17.1 Å². The van der Waals surface area contributed by atoms with Crippen LogP contribution in [0.25, 0.3) is 0 Å². The van der Waals surface area contributed by atoms with Crippen molar-refractivity contribution in [1.29, 1.82) is 0 Å². The molecule has 1 saturated heterocycles. The van der Waals surface area contributed by atoms with Crippen LogP contribution in [0.2, 0.25) is 0 Å². The first-order chi connectivity index (χ1) is 13.8. The van der Waals surface area contributed by atoms with E-state index in [2.05, 4.69) is 0 Å². The molecule has 0 spiro atoms. The van der Waals surface area contributed by atoms with Crippen LogP contribution < -0.4 is 9.64 Å². The molecule has 1 heterocycles. The number of nitrogens with zero attached hydrogens (tertiary/aromatic N) is 4. The Bertz CT molecular complexity index is 969. The number of rotatable bonds is 5. The first-order valence-electron chi connectivity index (χ1n) is 8.93. The second-order valence-corrected chi connectivity index (χ2v) is 6.65. The molecule has 0 bridgehead atoms. The van der Waals surface area contributed by atoms with Gasteiger partial charge in [-0.05, 0) is 31.2 Å². The van der Waals surface area contributed by atoms with Crippen LogP contribution in [0.15, 0.2) is 36.4 Å². The number of aryl methyl sites for hydroxylation is 1. The second-order valence-electron chi connectivity index (χ2n) is 6.65. The van der Waals surface area contributed by atoms with E-state index < -0.39 is 9.85 Å². The number of carbonyl (C=O) groups is 1. The van der Waals surface area contributed by atoms with E-state index in [0.717, 1.165) is 0 Å². The fourth-order valence-corrected chi connectivity index (χ4v) is 3.37. The van der Waals surface area contributed by atoms with Crippen molar-refractivity contribution in [1.82, 2.24) is 4.90 Å². The Morgan fingerprint density at radius 2 is 1.62 bits per heavy atom. The van der Waals surface area contributed by atoms with E-state index in [4.69, 9.17) is 4.74 Å². The van der Waals surface area contributed by atoms with Crippen LogP contribution in [-0.2, 0) is 0 Å². The van der Waals surface area contributed by atoms with Crippen molar-refractivity contribution in [2.75, 3.05) is 38.2 Å². The third-order valence-electron chi connectivity index (χ3n) is 4.93. The van der Waals surface area contributed by atoms with E-state index in [1.54, 1.807) is 24.0 Å². The molecule has 0 atom stereocenters. The molecule has 1 fully saturated rings. The minimum Gasteiger partial charge on any atom is -0.496 e. The fourth-order valence-electron chi connectivity index (χ4n) is 3.37. The molecule has 0 N–H and O–H groups in total. The number of nitro benzene ring substituents is 2. The molecule has 0 saturated carbocycles. The van der Waals surface area contributed by atoms with Crippen LogP contribution >= 0.6 is 0 Å². The molecule has 3 rings (SSSR count). The number of methoxy groups -OCH3 is 1. The highest BCUT2D eigenvalue weighted by Crippen LogP contribution is 2.32. The number of nitro groups is 2. The van der Waals surface area contributed by atoms with Gasteiger partial charge in [0.25, 0.3) is 17.3 Å². The molecule has 2 aromatic rings. The SMILES string of the molecule is COc1ccc(N2CCN(C(=O)c3ccc([N+](=O)[O-])c(C)c3)CC2)c([N+](=O)[O-])c1. The molecule has 0 radical (unpaired) electrons. The summed E-state index contributed by atoms with van der Waals surface area (Å²) < 4.78 is 5.06. The zero-order valence-corrected chi connectivity index (χ0v) is 16.0. The molecule has 1 amide bonds. The lowest BCUT2D eigenvalue weighted by molar-refractivity contribution is -0.385. The van der Waals surface area contributed by atoms with Gasteiger partial charge in [-0.15, -0.1) is 0 Å². The largest absolute Gasteiger partial charge is 0.496 e. The average molecular weight is 400 g/mol. The summed E-state index contributed by atoms with van der Waals surface area (Å²) in [4.78, 5) is 37.7. The van der Waals surface area contributed by atoms with Crippen molar-refractivity contribution >= 4 is 23.0 Å². The number of benzene rings is 2. The number of carbonyl (C=O) groups excluding carboxylic acids is 1. The lowest BCUT2D eigenvalue weighted by atomic mass is 10.1. The van der Waals surface area contributed by atoms with Gasteiger partial charge in [0.2, 0.25) is 0 Å². The smallest absolute Gasteiger partial charge is 0.296 e. The van der Waals surface area contributed by atoms with Gasteiger partial charge < -0.3 is 14.5 Å². The zero-order valence-electron chi connectivity index (χ0n) is 16.0. The number of amides is 1. The van der Waals surface area contributed by atoms with E-state index in [1.807, 2.05) is 4.90 Å². The summed E-state index contributed by atoms with van der Waals surface area (Å²) in [6.45, 7) is 3.24. The van der Waals surface area contributed by atoms with Gasteiger partial charge in [-0.2, -0.15) is 0 Å². The van der Waals surface area contributed by atoms with Gasteiger partial charge >= 0.3 is 0 Å². The van der Waals surface area contributed by atoms with Crippen molar-refractivity contribution in [2.24, 2.45) is 0 Å². The summed E-state index contributed by atoms with van der Waals surface area (Å²) in [5.41, 5.74) is 1.22. The Hall–Kier alpha value is -3.69. The van der Waals surface area contributed by atoms with E-state index in [0.29, 0.717) is 48.7 Å². The monoisotopic (exact) mass is 400 g/mol. The molecule has 29 heavy (non-hydrogen) atoms. The molecule has 0 aliphatic carbocycles. The maximum absolute atomic E-state index is 12.7. The summed E-state index contributed by atoms with van der Waals surface area (Å²) >= 11 is 0. The topological polar surface area (TPSA) is 119 Å². The first kappa shape index (κ1) is 20.1. The summed E-state index contributed by atoms with van der Waals surface area (Å²) in [6, 6.07) is 9.00. The van der Waals surface area contributed by atoms with Gasteiger partial charge in [-0.3, -0.25) is 25.0 Å². The maximum Gasteiger partial charge on any atom is 0.296 e. The molecule has 0 aromatic heterocycles. The standard InChI is InChI=1S/C19H20N4O6/c1-13-11-14(3-5-16(13)22(25)26)19(24)21-9-7-20(8-10-21)17-6-4-15(29-2)12-18(17)23(27)28/h3-6,11-12H,7-10H2,1-2H3. The Balaban J connectivity index is 1.72. The Labute approximate surface area is 166 Å². The van der Waals surface area contributed by atoms with E-state index in [9.17, 15) is 25.0 Å². The van der Waals surface area contributed by atoms with Crippen molar-refractivity contribution in [3.05, 3.63) is 67.8 Å². The highest BCUT2D eigenvalue weighted by Gasteiger charge is 2.27. The predicted octanol–water partition coefficient (Wildman–Crippen LogP) is 2.78. The van der Waals surface area contributed by atoms with Gasteiger partial charge in [-0.1, -0.05) is 0 Å². The molecule has 10 heteroatoms. The first-order valence-corrected chi connectivity index (χ1v) is 8.93. The Morgan fingerprint density at radius 1 is 0.966 bits per heavy atom.